The van der Waals surface area contributed by atoms with Crippen molar-refractivity contribution in [3.8, 4) is 0 Å². The normalized spacial score (nSPS) is 13.9. The monoisotopic (exact) mass is 326 g/mol. The Labute approximate surface area is 124 Å². The zero-order chi connectivity index (χ0) is 14.3. The predicted octanol–water partition coefficient (Wildman–Crippen LogP) is 3.01. The molecule has 1 rings (SSSR count). The number of hydrogen-bond acceptors (Lipinski definition) is 2. The van der Waals surface area contributed by atoms with Crippen LogP contribution in [0.1, 0.15) is 38.7 Å². The van der Waals surface area contributed by atoms with Crippen LogP contribution in [0.4, 0.5) is 0 Å². The Morgan fingerprint density at radius 2 is 2.00 bits per heavy atom. The van der Waals surface area contributed by atoms with Crippen LogP contribution in [0.15, 0.2) is 28.7 Å². The van der Waals surface area contributed by atoms with Gasteiger partial charge in [-0.05, 0) is 37.5 Å². The third kappa shape index (κ3) is 6.73. The molecule has 0 heterocycles. The second kappa shape index (κ2) is 8.33. The van der Waals surface area contributed by atoms with Gasteiger partial charge in [0, 0.05) is 23.0 Å². The Hall–Kier alpha value is -0.870. The molecule has 3 nitrogen and oxygen atoms in total. The highest BCUT2D eigenvalue weighted by Crippen LogP contribution is 2.12. The molecule has 4 heteroatoms. The summed E-state index contributed by atoms with van der Waals surface area (Å²) in [5.41, 5.74) is 7.08. The van der Waals surface area contributed by atoms with Gasteiger partial charge in [0.15, 0.2) is 0 Å². The van der Waals surface area contributed by atoms with Gasteiger partial charge >= 0.3 is 0 Å². The number of benzene rings is 1. The molecule has 1 amide bonds. The number of carbonyl (C=O) groups is 1. The molecule has 0 aliphatic rings. The third-order valence-corrected chi connectivity index (χ3v) is 3.50. The maximum absolute atomic E-state index is 11.8. The summed E-state index contributed by atoms with van der Waals surface area (Å²) in [4.78, 5) is 11.8. The number of nitrogens with one attached hydrogen (secondary N) is 1. The molecule has 0 aliphatic heterocycles. The van der Waals surface area contributed by atoms with Gasteiger partial charge in [0.25, 0.3) is 0 Å². The van der Waals surface area contributed by atoms with Crippen LogP contribution in [0.25, 0.3) is 0 Å². The van der Waals surface area contributed by atoms with Crippen LogP contribution in [0.5, 0.6) is 0 Å². The lowest BCUT2D eigenvalue weighted by Crippen LogP contribution is -2.37. The molecule has 2 unspecified atom stereocenters. The predicted molar refractivity (Wildman–Crippen MR) is 83.0 cm³/mol. The SMILES string of the molecule is CCCC(N)CC(=O)NC(C)Cc1ccc(Br)cc1. The molecule has 0 saturated heterocycles. The Morgan fingerprint density at radius 3 is 2.58 bits per heavy atom. The van der Waals surface area contributed by atoms with Crippen molar-refractivity contribution >= 4 is 21.8 Å². The molecule has 1 aromatic rings. The second-order valence-corrected chi connectivity index (χ2v) is 5.97. The van der Waals surface area contributed by atoms with E-state index >= 15 is 0 Å². The lowest BCUT2D eigenvalue weighted by Gasteiger charge is -2.16. The van der Waals surface area contributed by atoms with Crippen molar-refractivity contribution in [1.82, 2.24) is 5.32 Å². The van der Waals surface area contributed by atoms with Crippen molar-refractivity contribution in [2.45, 2.75) is 51.6 Å². The molecular weight excluding hydrogens is 304 g/mol. The average molecular weight is 327 g/mol. The molecule has 0 saturated carbocycles. The molecule has 1 aromatic carbocycles. The molecule has 0 aromatic heterocycles. The fraction of sp³-hybridized carbons (Fsp3) is 0.533. The van der Waals surface area contributed by atoms with E-state index in [1.807, 2.05) is 19.1 Å². The number of rotatable bonds is 7. The standard InChI is InChI=1S/C15H23BrN2O/c1-3-4-14(17)10-15(19)18-11(2)9-12-5-7-13(16)8-6-12/h5-8,11,14H,3-4,9-10,17H2,1-2H3,(H,18,19). The van der Waals surface area contributed by atoms with Crippen molar-refractivity contribution in [2.24, 2.45) is 5.73 Å². The first-order valence-electron chi connectivity index (χ1n) is 6.80. The van der Waals surface area contributed by atoms with E-state index in [1.54, 1.807) is 0 Å². The average Bonchev–Trinajstić information content (AvgIpc) is 2.32. The minimum atomic E-state index is -0.0233. The van der Waals surface area contributed by atoms with Gasteiger partial charge in [0.1, 0.15) is 0 Å². The first-order chi connectivity index (χ1) is 9.01. The summed E-state index contributed by atoms with van der Waals surface area (Å²) < 4.78 is 1.07. The van der Waals surface area contributed by atoms with Crippen molar-refractivity contribution in [3.05, 3.63) is 34.3 Å². The van der Waals surface area contributed by atoms with Crippen molar-refractivity contribution in [1.29, 1.82) is 0 Å². The van der Waals surface area contributed by atoms with Crippen LogP contribution < -0.4 is 11.1 Å². The van der Waals surface area contributed by atoms with Crippen LogP contribution in [0.3, 0.4) is 0 Å². The van der Waals surface area contributed by atoms with Gasteiger partial charge in [-0.3, -0.25) is 4.79 Å². The van der Waals surface area contributed by atoms with Crippen LogP contribution in [0, 0.1) is 0 Å². The van der Waals surface area contributed by atoms with E-state index in [1.165, 1.54) is 5.56 Å². The van der Waals surface area contributed by atoms with Gasteiger partial charge in [0.05, 0.1) is 0 Å². The first-order valence-corrected chi connectivity index (χ1v) is 7.60. The van der Waals surface area contributed by atoms with E-state index in [0.717, 1.165) is 23.7 Å². The fourth-order valence-corrected chi connectivity index (χ4v) is 2.33. The Kier molecular flexibility index (Phi) is 7.10. The van der Waals surface area contributed by atoms with E-state index in [9.17, 15) is 4.79 Å². The molecule has 0 fully saturated rings. The van der Waals surface area contributed by atoms with Gasteiger partial charge in [-0.1, -0.05) is 41.4 Å². The Balaban J connectivity index is 2.36. The summed E-state index contributed by atoms with van der Waals surface area (Å²) in [5.74, 6) is 0.0468. The molecule has 19 heavy (non-hydrogen) atoms. The topological polar surface area (TPSA) is 55.1 Å². The maximum Gasteiger partial charge on any atom is 0.221 e. The highest BCUT2D eigenvalue weighted by Gasteiger charge is 2.11. The molecule has 0 radical (unpaired) electrons. The summed E-state index contributed by atoms with van der Waals surface area (Å²) in [6.45, 7) is 4.10. The lowest BCUT2D eigenvalue weighted by atomic mass is 10.1. The van der Waals surface area contributed by atoms with Gasteiger partial charge in [-0.25, -0.2) is 0 Å². The quantitative estimate of drug-likeness (QED) is 0.809. The Morgan fingerprint density at radius 1 is 1.37 bits per heavy atom. The van der Waals surface area contributed by atoms with Gasteiger partial charge < -0.3 is 11.1 Å². The minimum Gasteiger partial charge on any atom is -0.353 e. The van der Waals surface area contributed by atoms with Crippen LogP contribution >= 0.6 is 15.9 Å². The van der Waals surface area contributed by atoms with Gasteiger partial charge in [0.2, 0.25) is 5.91 Å². The van der Waals surface area contributed by atoms with E-state index in [-0.39, 0.29) is 18.0 Å². The fourth-order valence-electron chi connectivity index (χ4n) is 2.07. The highest BCUT2D eigenvalue weighted by atomic mass is 79.9. The summed E-state index contributed by atoms with van der Waals surface area (Å²) in [7, 11) is 0. The minimum absolute atomic E-state index is 0.0233. The van der Waals surface area contributed by atoms with E-state index in [4.69, 9.17) is 5.73 Å². The van der Waals surface area contributed by atoms with Crippen LogP contribution in [-0.4, -0.2) is 18.0 Å². The summed E-state index contributed by atoms with van der Waals surface area (Å²) >= 11 is 3.41. The summed E-state index contributed by atoms with van der Waals surface area (Å²) in [6.07, 6.45) is 3.16. The number of halogens is 1. The number of amides is 1. The number of nitrogens with two attached hydrogens (primary N) is 1. The summed E-state index contributed by atoms with van der Waals surface area (Å²) in [6, 6.07) is 8.26. The maximum atomic E-state index is 11.8. The number of carbonyl (C=O) groups excluding carboxylic acids is 1. The highest BCUT2D eigenvalue weighted by molar-refractivity contribution is 9.10. The molecule has 3 N–H and O–H groups in total. The van der Waals surface area contributed by atoms with Crippen molar-refractivity contribution in [2.75, 3.05) is 0 Å². The van der Waals surface area contributed by atoms with Crippen LogP contribution in [-0.2, 0) is 11.2 Å². The third-order valence-electron chi connectivity index (χ3n) is 2.97. The van der Waals surface area contributed by atoms with Crippen LogP contribution in [0.2, 0.25) is 0 Å². The van der Waals surface area contributed by atoms with E-state index in [2.05, 4.69) is 40.3 Å². The van der Waals surface area contributed by atoms with Gasteiger partial charge in [-0.15, -0.1) is 0 Å². The second-order valence-electron chi connectivity index (χ2n) is 5.05. The smallest absolute Gasteiger partial charge is 0.221 e. The lowest BCUT2D eigenvalue weighted by molar-refractivity contribution is -0.122. The number of hydrogen-bond donors (Lipinski definition) is 2. The molecular formula is C15H23BrN2O. The first kappa shape index (κ1) is 16.2. The zero-order valence-electron chi connectivity index (χ0n) is 11.7. The molecule has 0 aliphatic carbocycles. The molecule has 0 spiro atoms. The van der Waals surface area contributed by atoms with Gasteiger partial charge in [-0.2, -0.15) is 0 Å². The summed E-state index contributed by atoms with van der Waals surface area (Å²) in [5, 5.41) is 3.00. The Bertz CT molecular complexity index is 392. The van der Waals surface area contributed by atoms with Crippen molar-refractivity contribution in [3.63, 3.8) is 0 Å². The zero-order valence-corrected chi connectivity index (χ0v) is 13.2. The van der Waals surface area contributed by atoms with Crippen molar-refractivity contribution < 1.29 is 4.79 Å². The van der Waals surface area contributed by atoms with E-state index in [0.29, 0.717) is 6.42 Å². The largest absolute Gasteiger partial charge is 0.353 e. The van der Waals surface area contributed by atoms with E-state index < -0.39 is 0 Å². The molecule has 106 valence electrons. The molecule has 0 bridgehead atoms. The molecule has 2 atom stereocenters.